The second-order valence-corrected chi connectivity index (χ2v) is 12.2. The third-order valence-corrected chi connectivity index (χ3v) is 10.3. The molecule has 4 rings (SSSR count). The predicted molar refractivity (Wildman–Crippen MR) is 119 cm³/mol. The van der Waals surface area contributed by atoms with Gasteiger partial charge < -0.3 is 5.11 Å². The van der Waals surface area contributed by atoms with Crippen molar-refractivity contribution in [1.82, 2.24) is 0 Å². The lowest BCUT2D eigenvalue weighted by Crippen LogP contribution is -2.50. The summed E-state index contributed by atoms with van der Waals surface area (Å²) in [5.41, 5.74) is 2.60. The second kappa shape index (κ2) is 7.75. The smallest absolute Gasteiger partial charge is 0.0577 e. The monoisotopic (exact) mass is 386 g/mol. The lowest BCUT2D eigenvalue weighted by Gasteiger charge is -2.58. The molecule has 4 aliphatic carbocycles. The molecule has 0 amide bonds. The molecule has 1 unspecified atom stereocenters. The first-order valence-corrected chi connectivity index (χ1v) is 12.6. The van der Waals surface area contributed by atoms with E-state index in [9.17, 15) is 5.11 Å². The third kappa shape index (κ3) is 3.42. The molecule has 160 valence electrons. The van der Waals surface area contributed by atoms with Crippen LogP contribution in [0.5, 0.6) is 0 Å². The topological polar surface area (TPSA) is 20.2 Å². The van der Waals surface area contributed by atoms with Crippen LogP contribution in [0.4, 0.5) is 0 Å². The van der Waals surface area contributed by atoms with Crippen LogP contribution in [0.15, 0.2) is 11.6 Å². The highest BCUT2D eigenvalue weighted by atomic mass is 16.3. The molecule has 0 saturated heterocycles. The molecule has 3 saturated carbocycles. The summed E-state index contributed by atoms with van der Waals surface area (Å²) in [6, 6.07) is 0. The largest absolute Gasteiger partial charge is 0.393 e. The zero-order valence-electron chi connectivity index (χ0n) is 19.3. The van der Waals surface area contributed by atoms with E-state index >= 15 is 0 Å². The molecule has 8 atom stereocenters. The van der Waals surface area contributed by atoms with Gasteiger partial charge in [-0.15, -0.1) is 0 Å². The summed E-state index contributed by atoms with van der Waals surface area (Å²) in [5.74, 6) is 5.46. The summed E-state index contributed by atoms with van der Waals surface area (Å²) in [6.45, 7) is 12.6. The van der Waals surface area contributed by atoms with Crippen molar-refractivity contribution in [2.45, 2.75) is 111 Å². The van der Waals surface area contributed by atoms with Crippen LogP contribution in [0.1, 0.15) is 105 Å². The van der Waals surface area contributed by atoms with Crippen LogP contribution in [-0.4, -0.2) is 11.2 Å². The molecule has 0 spiro atoms. The molecule has 0 heterocycles. The molecule has 0 aliphatic heterocycles. The minimum absolute atomic E-state index is 0.0766. The maximum Gasteiger partial charge on any atom is 0.0577 e. The molecule has 3 fully saturated rings. The maximum atomic E-state index is 10.2. The van der Waals surface area contributed by atoms with Gasteiger partial charge in [0.1, 0.15) is 0 Å². The molecule has 0 bridgehead atoms. The molecule has 1 N–H and O–H groups in total. The minimum Gasteiger partial charge on any atom is -0.393 e. The van der Waals surface area contributed by atoms with E-state index in [4.69, 9.17) is 0 Å². The zero-order chi connectivity index (χ0) is 20.1. The summed E-state index contributed by atoms with van der Waals surface area (Å²) in [7, 11) is 0. The maximum absolute atomic E-state index is 10.2. The lowest BCUT2D eigenvalue weighted by atomic mass is 9.47. The SMILES string of the molecule is CC(C)CCCC(C)[C@@H]1CC[C@@H]2[C@H]3CC=C4C[C@H](O)CC[C@@]4(C)[C@@H]3CC[C@]21C. The normalized spacial score (nSPS) is 46.5. The van der Waals surface area contributed by atoms with Gasteiger partial charge in [0, 0.05) is 0 Å². The van der Waals surface area contributed by atoms with E-state index in [0.717, 1.165) is 48.3 Å². The lowest BCUT2D eigenvalue weighted by molar-refractivity contribution is -0.0573. The van der Waals surface area contributed by atoms with Crippen LogP contribution in [0.2, 0.25) is 0 Å². The van der Waals surface area contributed by atoms with Crippen LogP contribution >= 0.6 is 0 Å². The summed E-state index contributed by atoms with van der Waals surface area (Å²) in [6.07, 6.45) is 17.2. The summed E-state index contributed by atoms with van der Waals surface area (Å²) < 4.78 is 0. The Bertz CT molecular complexity index is 591. The molecule has 4 aliphatic rings. The zero-order valence-corrected chi connectivity index (χ0v) is 19.3. The molecular weight excluding hydrogens is 340 g/mol. The molecule has 0 aromatic carbocycles. The Balaban J connectivity index is 1.49. The minimum atomic E-state index is -0.0766. The van der Waals surface area contributed by atoms with E-state index in [1.165, 1.54) is 57.8 Å². The molecule has 0 aromatic heterocycles. The van der Waals surface area contributed by atoms with E-state index in [-0.39, 0.29) is 6.10 Å². The average molecular weight is 387 g/mol. The summed E-state index contributed by atoms with van der Waals surface area (Å²) >= 11 is 0. The number of fused-ring (bicyclic) bond motifs is 5. The van der Waals surface area contributed by atoms with Crippen molar-refractivity contribution in [2.24, 2.45) is 46.3 Å². The fraction of sp³-hybridized carbons (Fsp3) is 0.926. The van der Waals surface area contributed by atoms with Gasteiger partial charge in [0.15, 0.2) is 0 Å². The molecular formula is C27H46O. The van der Waals surface area contributed by atoms with E-state index in [1.54, 1.807) is 5.57 Å². The fourth-order valence-corrected chi connectivity index (χ4v) is 8.67. The Morgan fingerprint density at radius 3 is 2.54 bits per heavy atom. The van der Waals surface area contributed by atoms with Crippen LogP contribution in [0.3, 0.4) is 0 Å². The van der Waals surface area contributed by atoms with Gasteiger partial charge in [0.25, 0.3) is 0 Å². The van der Waals surface area contributed by atoms with E-state index in [1.807, 2.05) is 0 Å². The number of hydrogen-bond donors (Lipinski definition) is 1. The molecule has 28 heavy (non-hydrogen) atoms. The van der Waals surface area contributed by atoms with Crippen LogP contribution in [0.25, 0.3) is 0 Å². The standard InChI is InChI=1S/C27H46O/c1-18(2)7-6-8-19(3)23-11-12-24-22-10-9-20-17-21(28)13-15-26(20,4)25(22)14-16-27(23,24)5/h9,18-19,21-25,28H,6-8,10-17H2,1-5H3/t19?,21-,22-,23+,24-,25-,26-,27+/m1/s1. The van der Waals surface area contributed by atoms with Gasteiger partial charge in [-0.05, 0) is 97.7 Å². The van der Waals surface area contributed by atoms with Crippen molar-refractivity contribution >= 4 is 0 Å². The van der Waals surface area contributed by atoms with Crippen molar-refractivity contribution in [3.05, 3.63) is 11.6 Å². The Kier molecular flexibility index (Phi) is 5.80. The highest BCUT2D eigenvalue weighted by molar-refractivity contribution is 5.25. The number of rotatable bonds is 5. The van der Waals surface area contributed by atoms with Crippen molar-refractivity contribution in [3.8, 4) is 0 Å². The third-order valence-electron chi connectivity index (χ3n) is 10.3. The number of aliphatic hydroxyl groups is 1. The van der Waals surface area contributed by atoms with E-state index < -0.39 is 0 Å². The Labute approximate surface area is 174 Å². The van der Waals surface area contributed by atoms with Crippen LogP contribution in [0, 0.1) is 46.3 Å². The molecule has 0 radical (unpaired) electrons. The highest BCUT2D eigenvalue weighted by Crippen LogP contribution is 2.67. The number of allylic oxidation sites excluding steroid dienone is 1. The highest BCUT2D eigenvalue weighted by Gasteiger charge is 2.59. The van der Waals surface area contributed by atoms with E-state index in [2.05, 4.69) is 40.7 Å². The Morgan fingerprint density at radius 2 is 1.79 bits per heavy atom. The second-order valence-electron chi connectivity index (χ2n) is 12.2. The van der Waals surface area contributed by atoms with Crippen molar-refractivity contribution in [3.63, 3.8) is 0 Å². The van der Waals surface area contributed by atoms with Crippen molar-refractivity contribution < 1.29 is 5.11 Å². The molecule has 1 nitrogen and oxygen atoms in total. The van der Waals surface area contributed by atoms with Crippen LogP contribution in [-0.2, 0) is 0 Å². The quantitative estimate of drug-likeness (QED) is 0.488. The van der Waals surface area contributed by atoms with Gasteiger partial charge in [-0.3, -0.25) is 0 Å². The summed E-state index contributed by atoms with van der Waals surface area (Å²) in [5, 5.41) is 10.2. The van der Waals surface area contributed by atoms with Crippen molar-refractivity contribution in [1.29, 1.82) is 0 Å². The van der Waals surface area contributed by atoms with Gasteiger partial charge in [-0.2, -0.15) is 0 Å². The summed E-state index contributed by atoms with van der Waals surface area (Å²) in [4.78, 5) is 0. The first-order valence-electron chi connectivity index (χ1n) is 12.6. The number of aliphatic hydroxyl groups excluding tert-OH is 1. The first-order chi connectivity index (χ1) is 13.3. The predicted octanol–water partition coefficient (Wildman–Crippen LogP) is 7.39. The van der Waals surface area contributed by atoms with Gasteiger partial charge in [-0.1, -0.05) is 65.5 Å². The average Bonchev–Trinajstić information content (AvgIpc) is 2.99. The number of hydrogen-bond acceptors (Lipinski definition) is 1. The first kappa shape index (κ1) is 21.0. The van der Waals surface area contributed by atoms with Gasteiger partial charge in [0.05, 0.1) is 6.10 Å². The van der Waals surface area contributed by atoms with Gasteiger partial charge >= 0.3 is 0 Å². The Morgan fingerprint density at radius 1 is 1.00 bits per heavy atom. The van der Waals surface area contributed by atoms with Gasteiger partial charge in [-0.25, -0.2) is 0 Å². The fourth-order valence-electron chi connectivity index (χ4n) is 8.67. The Hall–Kier alpha value is -0.300. The van der Waals surface area contributed by atoms with Gasteiger partial charge in [0.2, 0.25) is 0 Å². The molecule has 1 heteroatoms. The van der Waals surface area contributed by atoms with Crippen molar-refractivity contribution in [2.75, 3.05) is 0 Å². The van der Waals surface area contributed by atoms with E-state index in [0.29, 0.717) is 10.8 Å². The van der Waals surface area contributed by atoms with Crippen LogP contribution < -0.4 is 0 Å². The molecule has 0 aromatic rings.